The third-order valence-corrected chi connectivity index (χ3v) is 2.46. The second kappa shape index (κ2) is 5.35. The van der Waals surface area contributed by atoms with E-state index in [9.17, 15) is 4.39 Å². The van der Waals surface area contributed by atoms with Gasteiger partial charge in [0.1, 0.15) is 5.82 Å². The Bertz CT molecular complexity index is 564. The summed E-state index contributed by atoms with van der Waals surface area (Å²) in [6.45, 7) is 2.01. The molecule has 4 nitrogen and oxygen atoms in total. The monoisotopic (exact) mass is 244 g/mol. The number of pyridine rings is 1. The van der Waals surface area contributed by atoms with Gasteiger partial charge in [0, 0.05) is 23.7 Å². The molecule has 2 aromatic heterocycles. The molecule has 92 valence electrons. The van der Waals surface area contributed by atoms with Crippen molar-refractivity contribution in [1.29, 1.82) is 0 Å². The van der Waals surface area contributed by atoms with Crippen LogP contribution >= 0.6 is 0 Å². The first kappa shape index (κ1) is 12.2. The van der Waals surface area contributed by atoms with E-state index in [1.165, 1.54) is 12.4 Å². The second-order valence-electron chi connectivity index (χ2n) is 3.74. The van der Waals surface area contributed by atoms with Gasteiger partial charge in [-0.15, -0.1) is 0 Å². The highest BCUT2D eigenvalue weighted by Crippen LogP contribution is 2.13. The third kappa shape index (κ3) is 2.88. The van der Waals surface area contributed by atoms with Crippen molar-refractivity contribution in [2.24, 2.45) is 0 Å². The summed E-state index contributed by atoms with van der Waals surface area (Å²) in [5, 5.41) is 0. The first-order chi connectivity index (χ1) is 8.69. The molecule has 0 aliphatic carbocycles. The van der Waals surface area contributed by atoms with E-state index in [1.54, 1.807) is 6.07 Å². The van der Waals surface area contributed by atoms with Gasteiger partial charge in [-0.05, 0) is 24.1 Å². The molecule has 0 aromatic carbocycles. The molecule has 0 radical (unpaired) electrons. The first-order valence-electron chi connectivity index (χ1n) is 5.60. The number of nitrogens with two attached hydrogens (primary N) is 1. The minimum atomic E-state index is -0.726. The van der Waals surface area contributed by atoms with Crippen molar-refractivity contribution in [3.63, 3.8) is 0 Å². The molecule has 0 bridgehead atoms. The summed E-state index contributed by atoms with van der Waals surface area (Å²) in [4.78, 5) is 11.2. The van der Waals surface area contributed by atoms with Crippen LogP contribution < -0.4 is 5.73 Å². The number of nitrogens with zero attached hydrogens (tertiary/aromatic N) is 3. The Morgan fingerprint density at radius 3 is 2.61 bits per heavy atom. The molecule has 0 saturated heterocycles. The molecule has 5 heteroatoms. The lowest BCUT2D eigenvalue weighted by atomic mass is 10.1. The van der Waals surface area contributed by atoms with Crippen molar-refractivity contribution in [3.05, 3.63) is 47.4 Å². The number of rotatable bonds is 3. The highest BCUT2D eigenvalue weighted by molar-refractivity contribution is 5.70. The van der Waals surface area contributed by atoms with E-state index in [0.29, 0.717) is 5.82 Å². The average molecular weight is 244 g/mol. The van der Waals surface area contributed by atoms with E-state index in [2.05, 4.69) is 15.0 Å². The standard InChI is InChI=1S/C13H13FN4/c1-2-11-10(5-6-12(15)18-11)4-3-9-7-16-13(14)17-8-9/h3-8H,2H2,1H3,(H2,15,18)/b4-3+. The van der Waals surface area contributed by atoms with Gasteiger partial charge in [0.15, 0.2) is 0 Å². The smallest absolute Gasteiger partial charge is 0.308 e. The maximum atomic E-state index is 12.5. The molecule has 0 atom stereocenters. The van der Waals surface area contributed by atoms with Gasteiger partial charge in [-0.25, -0.2) is 15.0 Å². The Morgan fingerprint density at radius 2 is 1.94 bits per heavy atom. The maximum absolute atomic E-state index is 12.5. The maximum Gasteiger partial charge on any atom is 0.308 e. The summed E-state index contributed by atoms with van der Waals surface area (Å²) < 4.78 is 12.5. The Balaban J connectivity index is 2.25. The van der Waals surface area contributed by atoms with Crippen LogP contribution in [0.3, 0.4) is 0 Å². The van der Waals surface area contributed by atoms with Crippen LogP contribution in [0.2, 0.25) is 0 Å². The number of aryl methyl sites for hydroxylation is 1. The van der Waals surface area contributed by atoms with E-state index in [0.717, 1.165) is 23.2 Å². The molecule has 0 amide bonds. The summed E-state index contributed by atoms with van der Waals surface area (Å²) in [5.41, 5.74) is 8.27. The van der Waals surface area contributed by atoms with Gasteiger partial charge in [-0.2, -0.15) is 4.39 Å². The molecule has 0 spiro atoms. The molecule has 2 rings (SSSR count). The zero-order chi connectivity index (χ0) is 13.0. The Hall–Kier alpha value is -2.30. The van der Waals surface area contributed by atoms with Crippen molar-refractivity contribution < 1.29 is 4.39 Å². The van der Waals surface area contributed by atoms with Gasteiger partial charge >= 0.3 is 6.08 Å². The predicted molar refractivity (Wildman–Crippen MR) is 68.9 cm³/mol. The normalized spacial score (nSPS) is 11.0. The average Bonchev–Trinajstić information content (AvgIpc) is 2.39. The summed E-state index contributed by atoms with van der Waals surface area (Å²) in [5.74, 6) is 0.508. The third-order valence-electron chi connectivity index (χ3n) is 2.46. The number of nitrogen functional groups attached to an aromatic ring is 1. The SMILES string of the molecule is CCc1nc(N)ccc1/C=C/c1cnc(F)nc1. The molecule has 0 aliphatic rings. The summed E-state index contributed by atoms with van der Waals surface area (Å²) in [7, 11) is 0. The molecular formula is C13H13FN4. The lowest BCUT2D eigenvalue weighted by Crippen LogP contribution is -1.96. The number of aromatic nitrogens is 3. The predicted octanol–water partition coefficient (Wildman–Crippen LogP) is 2.33. The summed E-state index contributed by atoms with van der Waals surface area (Å²) in [6.07, 6.45) is 6.62. The van der Waals surface area contributed by atoms with Crippen molar-refractivity contribution in [3.8, 4) is 0 Å². The van der Waals surface area contributed by atoms with Gasteiger partial charge < -0.3 is 5.73 Å². The van der Waals surface area contributed by atoms with E-state index in [4.69, 9.17) is 5.73 Å². The zero-order valence-corrected chi connectivity index (χ0v) is 9.97. The zero-order valence-electron chi connectivity index (χ0n) is 9.97. The fourth-order valence-electron chi connectivity index (χ4n) is 1.56. The van der Waals surface area contributed by atoms with Crippen LogP contribution in [0.1, 0.15) is 23.7 Å². The Kier molecular flexibility index (Phi) is 3.62. The number of hydrogen-bond donors (Lipinski definition) is 1. The van der Waals surface area contributed by atoms with Crippen LogP contribution in [-0.2, 0) is 6.42 Å². The number of halogens is 1. The fraction of sp³-hybridized carbons (Fsp3) is 0.154. The fourth-order valence-corrected chi connectivity index (χ4v) is 1.56. The van der Waals surface area contributed by atoms with E-state index in [-0.39, 0.29) is 0 Å². The molecule has 0 fully saturated rings. The van der Waals surface area contributed by atoms with E-state index < -0.39 is 6.08 Å². The summed E-state index contributed by atoms with van der Waals surface area (Å²) in [6, 6.07) is 3.65. The van der Waals surface area contributed by atoms with Gasteiger partial charge in [0.2, 0.25) is 0 Å². The molecule has 2 aromatic rings. The molecule has 0 unspecified atom stereocenters. The van der Waals surface area contributed by atoms with E-state index >= 15 is 0 Å². The molecule has 2 N–H and O–H groups in total. The van der Waals surface area contributed by atoms with Crippen LogP contribution in [0.15, 0.2) is 24.5 Å². The highest BCUT2D eigenvalue weighted by atomic mass is 19.1. The van der Waals surface area contributed by atoms with Gasteiger partial charge in [0.05, 0.1) is 0 Å². The Morgan fingerprint density at radius 1 is 1.22 bits per heavy atom. The quantitative estimate of drug-likeness (QED) is 0.841. The van der Waals surface area contributed by atoms with Gasteiger partial charge in [-0.3, -0.25) is 0 Å². The topological polar surface area (TPSA) is 64.7 Å². The second-order valence-corrected chi connectivity index (χ2v) is 3.74. The van der Waals surface area contributed by atoms with Crippen LogP contribution in [0.5, 0.6) is 0 Å². The van der Waals surface area contributed by atoms with Crippen molar-refractivity contribution in [2.75, 3.05) is 5.73 Å². The minimum absolute atomic E-state index is 0.508. The molecule has 18 heavy (non-hydrogen) atoms. The van der Waals surface area contributed by atoms with Crippen molar-refractivity contribution >= 4 is 18.0 Å². The number of anilines is 1. The molecule has 0 aliphatic heterocycles. The Labute approximate surface area is 104 Å². The van der Waals surface area contributed by atoms with Crippen LogP contribution in [0.4, 0.5) is 10.2 Å². The number of hydrogen-bond acceptors (Lipinski definition) is 4. The highest BCUT2D eigenvalue weighted by Gasteiger charge is 2.00. The van der Waals surface area contributed by atoms with Crippen molar-refractivity contribution in [2.45, 2.75) is 13.3 Å². The summed E-state index contributed by atoms with van der Waals surface area (Å²) >= 11 is 0. The van der Waals surface area contributed by atoms with Crippen LogP contribution in [0, 0.1) is 6.08 Å². The van der Waals surface area contributed by atoms with Crippen LogP contribution in [0.25, 0.3) is 12.2 Å². The van der Waals surface area contributed by atoms with Crippen molar-refractivity contribution in [1.82, 2.24) is 15.0 Å². The van der Waals surface area contributed by atoms with Gasteiger partial charge in [0.25, 0.3) is 0 Å². The first-order valence-corrected chi connectivity index (χ1v) is 5.60. The largest absolute Gasteiger partial charge is 0.384 e. The lowest BCUT2D eigenvalue weighted by molar-refractivity contribution is 0.538. The van der Waals surface area contributed by atoms with Gasteiger partial charge in [-0.1, -0.05) is 19.1 Å². The molecule has 0 saturated carbocycles. The minimum Gasteiger partial charge on any atom is -0.384 e. The van der Waals surface area contributed by atoms with Crippen LogP contribution in [-0.4, -0.2) is 15.0 Å². The van der Waals surface area contributed by atoms with E-state index in [1.807, 2.05) is 25.1 Å². The molecular weight excluding hydrogens is 231 g/mol. The lowest BCUT2D eigenvalue weighted by Gasteiger charge is -2.03. The molecule has 2 heterocycles.